The second-order valence-electron chi connectivity index (χ2n) is 11.8. The Kier molecular flexibility index (Phi) is 8.75. The van der Waals surface area contributed by atoms with E-state index < -0.39 is 69.9 Å². The zero-order chi connectivity index (χ0) is 36.0. The van der Waals surface area contributed by atoms with Crippen molar-refractivity contribution in [1.82, 2.24) is 4.90 Å². The standard InChI is InChI=1S/C32H27F6N5O7/c1-47-24-5-2-16(23-14-30(50-42-23)6-8-43(9-7-30)15-27(39)44)10-19(24)29(46)41-22-13-26-25(48-32(37,38)49-26)12-18(22)28(45)40-17-3-4-21(33)20(11-17)31(34,35)36/h2-5,10-13H,6-9,14-15H2,1H3,(H2,39,44)(H,40,45)(H,41,46). The van der Waals surface area contributed by atoms with Crippen LogP contribution in [-0.2, 0) is 15.8 Å². The van der Waals surface area contributed by atoms with Crippen molar-refractivity contribution in [1.29, 1.82) is 0 Å². The van der Waals surface area contributed by atoms with Crippen molar-refractivity contribution in [2.24, 2.45) is 10.9 Å². The molecule has 0 atom stereocenters. The Balaban J connectivity index is 1.26. The van der Waals surface area contributed by atoms with Gasteiger partial charge in [0, 0.05) is 49.7 Å². The molecule has 3 aromatic rings. The zero-order valence-corrected chi connectivity index (χ0v) is 26.0. The lowest BCUT2D eigenvalue weighted by Crippen LogP contribution is -2.47. The number of carbonyl (C=O) groups is 3. The molecule has 3 amide bonds. The van der Waals surface area contributed by atoms with E-state index in [1.54, 1.807) is 6.07 Å². The monoisotopic (exact) mass is 707 g/mol. The van der Waals surface area contributed by atoms with E-state index in [1.807, 2.05) is 4.90 Å². The molecule has 0 unspecified atom stereocenters. The molecule has 1 saturated heterocycles. The maximum Gasteiger partial charge on any atom is 0.586 e. The highest BCUT2D eigenvalue weighted by Gasteiger charge is 2.45. The Bertz CT molecular complexity index is 1910. The molecule has 3 aliphatic rings. The fourth-order valence-corrected chi connectivity index (χ4v) is 5.84. The minimum Gasteiger partial charge on any atom is -0.496 e. The number of ether oxygens (including phenoxy) is 3. The summed E-state index contributed by atoms with van der Waals surface area (Å²) in [5.74, 6) is -5.11. The molecule has 50 heavy (non-hydrogen) atoms. The number of alkyl halides is 5. The van der Waals surface area contributed by atoms with Crippen LogP contribution in [0.25, 0.3) is 0 Å². The third-order valence-electron chi connectivity index (χ3n) is 8.33. The minimum atomic E-state index is -5.08. The molecular formula is C32H27F6N5O7. The number of hydrogen-bond acceptors (Lipinski definition) is 9. The average Bonchev–Trinajstić information content (AvgIpc) is 3.60. The Morgan fingerprint density at radius 3 is 2.30 bits per heavy atom. The molecule has 0 bridgehead atoms. The Morgan fingerprint density at radius 2 is 1.64 bits per heavy atom. The fraction of sp³-hybridized carbons (Fsp3) is 0.312. The van der Waals surface area contributed by atoms with Gasteiger partial charge >= 0.3 is 12.5 Å². The smallest absolute Gasteiger partial charge is 0.496 e. The van der Waals surface area contributed by atoms with Gasteiger partial charge < -0.3 is 35.4 Å². The predicted molar refractivity (Wildman–Crippen MR) is 163 cm³/mol. The van der Waals surface area contributed by atoms with E-state index in [1.165, 1.54) is 19.2 Å². The van der Waals surface area contributed by atoms with Gasteiger partial charge in [-0.15, -0.1) is 8.78 Å². The van der Waals surface area contributed by atoms with Gasteiger partial charge in [-0.3, -0.25) is 19.3 Å². The predicted octanol–water partition coefficient (Wildman–Crippen LogP) is 5.12. The van der Waals surface area contributed by atoms with Crippen LogP contribution in [0, 0.1) is 5.82 Å². The average molecular weight is 708 g/mol. The summed E-state index contributed by atoms with van der Waals surface area (Å²) in [6.45, 7) is 1.25. The molecule has 4 N–H and O–H groups in total. The Morgan fingerprint density at radius 1 is 0.960 bits per heavy atom. The van der Waals surface area contributed by atoms with Crippen molar-refractivity contribution in [3.63, 3.8) is 0 Å². The van der Waals surface area contributed by atoms with Crippen LogP contribution in [0.5, 0.6) is 17.2 Å². The first-order chi connectivity index (χ1) is 23.5. The number of methoxy groups -OCH3 is 1. The van der Waals surface area contributed by atoms with E-state index in [2.05, 4.69) is 25.3 Å². The molecule has 0 aromatic heterocycles. The number of amides is 3. The number of rotatable bonds is 8. The van der Waals surface area contributed by atoms with Gasteiger partial charge in [0.1, 0.15) is 17.2 Å². The molecule has 3 aliphatic heterocycles. The van der Waals surface area contributed by atoms with Crippen molar-refractivity contribution in [2.75, 3.05) is 37.4 Å². The molecule has 1 spiro atoms. The van der Waals surface area contributed by atoms with Crippen LogP contribution in [0.4, 0.5) is 37.7 Å². The zero-order valence-electron chi connectivity index (χ0n) is 26.0. The highest BCUT2D eigenvalue weighted by molar-refractivity contribution is 6.14. The van der Waals surface area contributed by atoms with E-state index in [0.717, 1.165) is 18.2 Å². The lowest BCUT2D eigenvalue weighted by atomic mass is 9.85. The number of fused-ring (bicyclic) bond motifs is 1. The largest absolute Gasteiger partial charge is 0.586 e. The number of piperidine rings is 1. The van der Waals surface area contributed by atoms with Crippen LogP contribution in [0.15, 0.2) is 53.7 Å². The Labute approximate surface area is 279 Å². The number of primary amides is 1. The van der Waals surface area contributed by atoms with Gasteiger partial charge in [0.15, 0.2) is 11.5 Å². The summed E-state index contributed by atoms with van der Waals surface area (Å²) < 4.78 is 95.8. The second-order valence-corrected chi connectivity index (χ2v) is 11.8. The number of anilines is 2. The number of nitrogens with two attached hydrogens (primary N) is 1. The van der Waals surface area contributed by atoms with E-state index in [0.29, 0.717) is 55.8 Å². The van der Waals surface area contributed by atoms with Gasteiger partial charge in [-0.2, -0.15) is 13.2 Å². The molecular weight excluding hydrogens is 680 g/mol. The van der Waals surface area contributed by atoms with Gasteiger partial charge in [-0.1, -0.05) is 5.16 Å². The summed E-state index contributed by atoms with van der Waals surface area (Å²) in [6, 6.07) is 8.00. The van der Waals surface area contributed by atoms with Crippen LogP contribution < -0.4 is 30.6 Å². The number of oxime groups is 1. The second kappa shape index (κ2) is 12.7. The number of carbonyl (C=O) groups excluding carboxylic acids is 3. The third kappa shape index (κ3) is 7.10. The molecule has 0 aliphatic carbocycles. The first-order valence-electron chi connectivity index (χ1n) is 14.9. The summed E-state index contributed by atoms with van der Waals surface area (Å²) in [4.78, 5) is 46.1. The van der Waals surface area contributed by atoms with Crippen LogP contribution in [0.2, 0.25) is 0 Å². The highest BCUT2D eigenvalue weighted by Crippen LogP contribution is 2.44. The van der Waals surface area contributed by atoms with Gasteiger partial charge in [-0.05, 0) is 42.5 Å². The van der Waals surface area contributed by atoms with Crippen molar-refractivity contribution >= 4 is 34.8 Å². The Hall–Kier alpha value is -5.52. The quantitative estimate of drug-likeness (QED) is 0.273. The number of nitrogens with zero attached hydrogens (tertiary/aromatic N) is 2. The summed E-state index contributed by atoms with van der Waals surface area (Å²) in [5, 5.41) is 8.85. The lowest BCUT2D eigenvalue weighted by molar-refractivity contribution is -0.286. The topological polar surface area (TPSA) is 154 Å². The lowest BCUT2D eigenvalue weighted by Gasteiger charge is -2.36. The molecule has 0 radical (unpaired) electrons. The first kappa shape index (κ1) is 34.3. The molecule has 3 heterocycles. The number of benzene rings is 3. The number of likely N-dealkylation sites (tertiary alicyclic amines) is 1. The van der Waals surface area contributed by atoms with Gasteiger partial charge in [-0.25, -0.2) is 4.39 Å². The van der Waals surface area contributed by atoms with Gasteiger partial charge in [0.25, 0.3) is 11.8 Å². The van der Waals surface area contributed by atoms with Crippen LogP contribution in [-0.4, -0.2) is 67.0 Å². The molecule has 6 rings (SSSR count). The van der Waals surface area contributed by atoms with E-state index in [-0.39, 0.29) is 23.5 Å². The van der Waals surface area contributed by atoms with E-state index in [9.17, 15) is 40.7 Å². The summed E-state index contributed by atoms with van der Waals surface area (Å²) in [5.41, 5.74) is 2.61. The van der Waals surface area contributed by atoms with E-state index >= 15 is 0 Å². The van der Waals surface area contributed by atoms with Crippen molar-refractivity contribution in [3.05, 3.63) is 76.6 Å². The van der Waals surface area contributed by atoms with Gasteiger partial charge in [0.2, 0.25) is 5.91 Å². The first-order valence-corrected chi connectivity index (χ1v) is 14.9. The van der Waals surface area contributed by atoms with Crippen LogP contribution in [0.1, 0.15) is 51.1 Å². The van der Waals surface area contributed by atoms with E-state index in [4.69, 9.17) is 15.3 Å². The third-order valence-corrected chi connectivity index (χ3v) is 8.33. The van der Waals surface area contributed by atoms with Crippen molar-refractivity contribution in [3.8, 4) is 17.2 Å². The fourth-order valence-electron chi connectivity index (χ4n) is 5.84. The van der Waals surface area contributed by atoms with Gasteiger partial charge in [0.05, 0.1) is 41.7 Å². The van der Waals surface area contributed by atoms with Crippen molar-refractivity contribution < 1.29 is 59.8 Å². The molecule has 3 aromatic carbocycles. The van der Waals surface area contributed by atoms with Crippen molar-refractivity contribution in [2.45, 2.75) is 37.3 Å². The molecule has 0 saturated carbocycles. The number of hydrogen-bond donors (Lipinski definition) is 3. The number of nitrogens with one attached hydrogen (secondary N) is 2. The summed E-state index contributed by atoms with van der Waals surface area (Å²) in [7, 11) is 1.30. The maximum atomic E-state index is 13.9. The summed E-state index contributed by atoms with van der Waals surface area (Å²) >= 11 is 0. The summed E-state index contributed by atoms with van der Waals surface area (Å²) in [6.07, 6.45) is -7.66. The molecule has 1 fully saturated rings. The molecule has 18 heteroatoms. The maximum absolute atomic E-state index is 13.9. The minimum absolute atomic E-state index is 0.0624. The molecule has 264 valence electrons. The normalized spacial score (nSPS) is 17.5. The van der Waals surface area contributed by atoms with Crippen LogP contribution >= 0.6 is 0 Å². The SMILES string of the molecule is COc1ccc(C2=NOC3(CCN(CC(N)=O)CC3)C2)cc1C(=O)Nc1cc2c(cc1C(=O)Nc1ccc(F)c(C(F)(F)F)c1)OC(F)(F)O2. The molecule has 12 nitrogen and oxygen atoms in total. The highest BCUT2D eigenvalue weighted by atomic mass is 19.4. The van der Waals surface area contributed by atoms with Crippen LogP contribution in [0.3, 0.4) is 0 Å². The number of halogens is 6.